The lowest BCUT2D eigenvalue weighted by molar-refractivity contribution is 0.409. The number of nitrogens with one attached hydrogen (secondary N) is 2. The highest BCUT2D eigenvalue weighted by atomic mass is 32.1. The van der Waals surface area contributed by atoms with Crippen LogP contribution in [0.15, 0.2) is 169 Å². The molecule has 0 amide bonds. The van der Waals surface area contributed by atoms with Crippen molar-refractivity contribution in [3.05, 3.63) is 186 Å². The second-order valence-electron chi connectivity index (χ2n) is 13.2. The summed E-state index contributed by atoms with van der Waals surface area (Å²) in [6.07, 6.45) is -0.460. The Morgan fingerprint density at radius 1 is 0.596 bits per heavy atom. The van der Waals surface area contributed by atoms with Crippen LogP contribution < -0.4 is 10.6 Å². The minimum atomic E-state index is -0.256. The number of nitriles is 1. The fourth-order valence-corrected chi connectivity index (χ4v) is 8.86. The average molecular weight is 686 g/mol. The van der Waals surface area contributed by atoms with Gasteiger partial charge >= 0.3 is 0 Å². The Kier molecular flexibility index (Phi) is 7.21. The molecule has 9 aromatic rings. The van der Waals surface area contributed by atoms with E-state index in [1.807, 2.05) is 53.8 Å². The van der Waals surface area contributed by atoms with Crippen LogP contribution in [-0.4, -0.2) is 10.4 Å². The summed E-state index contributed by atoms with van der Waals surface area (Å²) in [5.74, 6) is 0.752. The molecule has 2 unspecified atom stereocenters. The molecule has 6 heteroatoms. The maximum Gasteiger partial charge on any atom is 0.131 e. The second-order valence-corrected chi connectivity index (χ2v) is 14.2. The maximum atomic E-state index is 9.58. The monoisotopic (exact) mass is 685 g/mol. The summed E-state index contributed by atoms with van der Waals surface area (Å²) in [7, 11) is 0. The zero-order valence-corrected chi connectivity index (χ0v) is 28.8. The van der Waals surface area contributed by atoms with Crippen molar-refractivity contribution in [1.82, 2.24) is 15.2 Å². The summed E-state index contributed by atoms with van der Waals surface area (Å²) in [6.45, 7) is 0. The summed E-state index contributed by atoms with van der Waals surface area (Å²) in [4.78, 5) is 5.05. The van der Waals surface area contributed by atoms with Gasteiger partial charge in [-0.1, -0.05) is 121 Å². The second kappa shape index (κ2) is 12.4. The predicted molar refractivity (Wildman–Crippen MR) is 215 cm³/mol. The Balaban J connectivity index is 1.06. The van der Waals surface area contributed by atoms with Gasteiger partial charge in [-0.2, -0.15) is 5.26 Å². The molecule has 0 saturated carbocycles. The zero-order valence-electron chi connectivity index (χ0n) is 28.0. The summed E-state index contributed by atoms with van der Waals surface area (Å²) in [5, 5.41) is 22.0. The van der Waals surface area contributed by atoms with Gasteiger partial charge in [0.25, 0.3) is 0 Å². The molecule has 0 bridgehead atoms. The molecule has 0 saturated heterocycles. The van der Waals surface area contributed by atoms with Crippen LogP contribution in [0.1, 0.15) is 34.6 Å². The van der Waals surface area contributed by atoms with Crippen molar-refractivity contribution in [3.8, 4) is 22.9 Å². The lowest BCUT2D eigenvalue weighted by Gasteiger charge is -2.32. The zero-order chi connectivity index (χ0) is 34.6. The number of thiophene rings is 1. The van der Waals surface area contributed by atoms with Gasteiger partial charge in [0.05, 0.1) is 22.7 Å². The number of fused-ring (bicyclic) bond motifs is 6. The van der Waals surface area contributed by atoms with Gasteiger partial charge in [-0.3, -0.25) is 5.32 Å². The topological polar surface area (TPSA) is 65.1 Å². The van der Waals surface area contributed by atoms with Crippen molar-refractivity contribution in [1.29, 1.82) is 5.26 Å². The highest BCUT2D eigenvalue weighted by molar-refractivity contribution is 7.26. The van der Waals surface area contributed by atoms with E-state index in [2.05, 4.69) is 143 Å². The first kappa shape index (κ1) is 30.3. The fourth-order valence-electron chi connectivity index (χ4n) is 7.63. The first-order valence-electron chi connectivity index (χ1n) is 17.4. The van der Waals surface area contributed by atoms with Gasteiger partial charge in [0.1, 0.15) is 18.2 Å². The van der Waals surface area contributed by atoms with Crippen molar-refractivity contribution in [2.75, 3.05) is 0 Å². The highest BCUT2D eigenvalue weighted by Crippen LogP contribution is 2.42. The van der Waals surface area contributed by atoms with E-state index in [1.165, 1.54) is 53.1 Å². The molecular weight excluding hydrogens is 655 g/mol. The van der Waals surface area contributed by atoms with Crippen LogP contribution in [0, 0.1) is 11.3 Å². The molecule has 246 valence electrons. The van der Waals surface area contributed by atoms with E-state index in [0.29, 0.717) is 5.56 Å². The van der Waals surface area contributed by atoms with Gasteiger partial charge in [0.15, 0.2) is 0 Å². The molecular formula is C46H31N5S. The highest BCUT2D eigenvalue weighted by Gasteiger charge is 2.26. The number of rotatable bonds is 5. The molecule has 0 aliphatic carbocycles. The molecule has 2 aromatic heterocycles. The van der Waals surface area contributed by atoms with Gasteiger partial charge in [-0.25, -0.2) is 4.99 Å². The normalized spacial score (nSPS) is 15.9. The Hall–Kier alpha value is -6.52. The van der Waals surface area contributed by atoms with E-state index < -0.39 is 0 Å². The van der Waals surface area contributed by atoms with Crippen LogP contribution in [0.2, 0.25) is 0 Å². The number of hydrogen-bond acceptors (Lipinski definition) is 5. The smallest absolute Gasteiger partial charge is 0.131 e. The summed E-state index contributed by atoms with van der Waals surface area (Å²) >= 11 is 1.87. The number of aromatic nitrogens is 1. The first-order chi connectivity index (χ1) is 25.7. The molecule has 10 rings (SSSR count). The van der Waals surface area contributed by atoms with E-state index in [9.17, 15) is 5.26 Å². The minimum Gasteiger partial charge on any atom is -0.350 e. The third-order valence-corrected chi connectivity index (χ3v) is 11.3. The number of aliphatic imine (C=N–C) groups is 1. The SMILES string of the molecule is N#Cc1cccc(C2=NC(c3ccccc3)NC(c3ccc(-n4c5ccccc5c5ccc(-c6cccc7c6sc6ccccc67)cc54)cc3)N2)c1. The van der Waals surface area contributed by atoms with Crippen LogP contribution in [0.3, 0.4) is 0 Å². The quantitative estimate of drug-likeness (QED) is 0.190. The molecule has 1 aliphatic rings. The standard InChI is InChI=1S/C46H31N5S/c47-28-29-10-8-13-33(26-29)46-49-44(30-11-2-1-3-12-30)48-45(50-46)31-20-23-34(24-21-31)51-40-18-6-4-14-36(40)37-25-22-32(27-41(37)51)35-16-9-17-39-38-15-5-7-19-42(38)52-43(35)39/h1-27,44-45,48H,(H,49,50). The third-order valence-electron chi connectivity index (χ3n) is 10.1. The van der Waals surface area contributed by atoms with Crippen molar-refractivity contribution >= 4 is 59.2 Å². The molecule has 7 aromatic carbocycles. The van der Waals surface area contributed by atoms with Crippen LogP contribution >= 0.6 is 11.3 Å². The maximum absolute atomic E-state index is 9.58. The number of para-hydroxylation sites is 1. The Morgan fingerprint density at radius 3 is 2.21 bits per heavy atom. The molecule has 1 aliphatic heterocycles. The molecule has 0 fully saturated rings. The molecule has 0 spiro atoms. The predicted octanol–water partition coefficient (Wildman–Crippen LogP) is 11.0. The van der Waals surface area contributed by atoms with Crippen LogP contribution in [0.4, 0.5) is 0 Å². The van der Waals surface area contributed by atoms with Crippen LogP contribution in [-0.2, 0) is 0 Å². The minimum absolute atomic E-state index is 0.205. The third kappa shape index (κ3) is 5.06. The van der Waals surface area contributed by atoms with Crippen molar-refractivity contribution in [2.45, 2.75) is 12.3 Å². The summed E-state index contributed by atoms with van der Waals surface area (Å²) < 4.78 is 5.02. The van der Waals surface area contributed by atoms with E-state index >= 15 is 0 Å². The van der Waals surface area contributed by atoms with Crippen LogP contribution in [0.5, 0.6) is 0 Å². The molecule has 5 nitrogen and oxygen atoms in total. The lowest BCUT2D eigenvalue weighted by atomic mass is 10.0. The number of benzene rings is 7. The number of nitrogens with zero attached hydrogens (tertiary/aromatic N) is 3. The molecule has 3 heterocycles. The van der Waals surface area contributed by atoms with E-state index in [-0.39, 0.29) is 12.3 Å². The first-order valence-corrected chi connectivity index (χ1v) is 18.2. The summed E-state index contributed by atoms with van der Waals surface area (Å²) in [5.41, 5.74) is 9.56. The van der Waals surface area contributed by atoms with E-state index in [4.69, 9.17) is 4.99 Å². The van der Waals surface area contributed by atoms with Gasteiger partial charge in [0, 0.05) is 42.2 Å². The molecule has 52 heavy (non-hydrogen) atoms. The average Bonchev–Trinajstić information content (AvgIpc) is 3.77. The van der Waals surface area contributed by atoms with Gasteiger partial charge in [-0.15, -0.1) is 11.3 Å². The summed E-state index contributed by atoms with van der Waals surface area (Å²) in [6, 6.07) is 59.9. The fraction of sp³-hybridized carbons (Fsp3) is 0.0435. The molecule has 0 radical (unpaired) electrons. The van der Waals surface area contributed by atoms with Crippen molar-refractivity contribution in [3.63, 3.8) is 0 Å². The van der Waals surface area contributed by atoms with Gasteiger partial charge in [-0.05, 0) is 64.7 Å². The molecule has 2 N–H and O–H groups in total. The van der Waals surface area contributed by atoms with Gasteiger partial charge in [0.2, 0.25) is 0 Å². The van der Waals surface area contributed by atoms with Crippen molar-refractivity contribution < 1.29 is 0 Å². The van der Waals surface area contributed by atoms with E-state index in [0.717, 1.165) is 28.2 Å². The number of amidine groups is 1. The Bertz CT molecular complexity index is 2880. The number of hydrogen-bond donors (Lipinski definition) is 2. The molecule has 2 atom stereocenters. The lowest BCUT2D eigenvalue weighted by Crippen LogP contribution is -2.45. The van der Waals surface area contributed by atoms with Gasteiger partial charge < -0.3 is 9.88 Å². The van der Waals surface area contributed by atoms with Crippen molar-refractivity contribution in [2.24, 2.45) is 4.99 Å². The Labute approximate surface area is 304 Å². The largest absolute Gasteiger partial charge is 0.350 e. The van der Waals surface area contributed by atoms with Crippen LogP contribution in [0.25, 0.3) is 58.8 Å². The van der Waals surface area contributed by atoms with E-state index in [1.54, 1.807) is 0 Å². The Morgan fingerprint density at radius 2 is 1.35 bits per heavy atom.